The molecule has 4 heteroatoms. The van der Waals surface area contributed by atoms with Crippen LogP contribution in [0.4, 0.5) is 0 Å². The van der Waals surface area contributed by atoms with Crippen LogP contribution in [-0.2, 0) is 0 Å². The Morgan fingerprint density at radius 2 is 1.50 bits per heavy atom. The minimum absolute atomic E-state index is 0.160. The van der Waals surface area contributed by atoms with E-state index in [0.717, 1.165) is 56.1 Å². The first-order valence-corrected chi connectivity index (χ1v) is 9.60. The van der Waals surface area contributed by atoms with Gasteiger partial charge in [0, 0.05) is 37.5 Å². The van der Waals surface area contributed by atoms with Crippen molar-refractivity contribution in [2.24, 2.45) is 0 Å². The number of carbonyl (C=O) groups excluding carboxylic acids is 1. The molecule has 1 aromatic rings. The summed E-state index contributed by atoms with van der Waals surface area (Å²) in [6.45, 7) is 4.34. The molecule has 24 heavy (non-hydrogen) atoms. The van der Waals surface area contributed by atoms with Gasteiger partial charge in [-0.25, -0.2) is 0 Å². The summed E-state index contributed by atoms with van der Waals surface area (Å²) in [5, 5.41) is 0. The topological polar surface area (TPSA) is 32.8 Å². The molecule has 2 heterocycles. The predicted octanol–water partition coefficient (Wildman–Crippen LogP) is 3.32. The van der Waals surface area contributed by atoms with Gasteiger partial charge in [-0.2, -0.15) is 0 Å². The fraction of sp³-hybridized carbons (Fsp3) is 0.650. The maximum atomic E-state index is 12.3. The molecular formula is C20H28N2O2. The van der Waals surface area contributed by atoms with Crippen LogP contribution in [0.3, 0.4) is 0 Å². The number of hydrogen-bond donors (Lipinski definition) is 0. The number of benzene rings is 1. The molecule has 0 unspecified atom stereocenters. The van der Waals surface area contributed by atoms with Gasteiger partial charge in [-0.15, -0.1) is 0 Å². The van der Waals surface area contributed by atoms with Gasteiger partial charge in [0.25, 0.3) is 5.91 Å². The van der Waals surface area contributed by atoms with Crippen molar-refractivity contribution in [2.45, 2.75) is 57.1 Å². The van der Waals surface area contributed by atoms with E-state index >= 15 is 0 Å². The maximum absolute atomic E-state index is 12.3. The van der Waals surface area contributed by atoms with Crippen molar-refractivity contribution in [3.8, 4) is 5.75 Å². The Morgan fingerprint density at radius 1 is 0.875 bits per heavy atom. The van der Waals surface area contributed by atoms with Crippen LogP contribution in [0.2, 0.25) is 0 Å². The number of nitrogens with zero attached hydrogens (tertiary/aromatic N) is 2. The Hall–Kier alpha value is -1.55. The second kappa shape index (κ2) is 7.14. The molecule has 4 nitrogen and oxygen atoms in total. The summed E-state index contributed by atoms with van der Waals surface area (Å²) in [5.74, 6) is 1.06. The highest BCUT2D eigenvalue weighted by Gasteiger charge is 2.35. The summed E-state index contributed by atoms with van der Waals surface area (Å²) in [6, 6.07) is 8.47. The fourth-order valence-corrected chi connectivity index (χ4v) is 4.19. The lowest BCUT2D eigenvalue weighted by Gasteiger charge is -2.44. The Kier molecular flexibility index (Phi) is 4.74. The predicted molar refractivity (Wildman–Crippen MR) is 94.4 cm³/mol. The Balaban J connectivity index is 1.26. The smallest absolute Gasteiger partial charge is 0.253 e. The molecule has 0 N–H and O–H groups in total. The normalized spacial score (nSPS) is 27.8. The van der Waals surface area contributed by atoms with Crippen LogP contribution in [0.15, 0.2) is 24.3 Å². The zero-order chi connectivity index (χ0) is 16.4. The van der Waals surface area contributed by atoms with Gasteiger partial charge in [0.15, 0.2) is 0 Å². The average Bonchev–Trinajstić information content (AvgIpc) is 3.13. The first-order valence-electron chi connectivity index (χ1n) is 9.60. The third-order valence-electron chi connectivity index (χ3n) is 5.77. The molecule has 0 radical (unpaired) electrons. The fourth-order valence-electron chi connectivity index (χ4n) is 4.19. The lowest BCUT2D eigenvalue weighted by molar-refractivity contribution is 0.00892. The molecule has 0 aromatic heterocycles. The van der Waals surface area contributed by atoms with Crippen LogP contribution in [0.25, 0.3) is 0 Å². The Morgan fingerprint density at radius 3 is 2.17 bits per heavy atom. The molecule has 2 aliphatic heterocycles. The van der Waals surface area contributed by atoms with Crippen LogP contribution >= 0.6 is 0 Å². The molecule has 1 aliphatic carbocycles. The molecule has 130 valence electrons. The number of rotatable bonds is 4. The number of likely N-dealkylation sites (tertiary alicyclic amines) is 2. The highest BCUT2D eigenvalue weighted by molar-refractivity contribution is 5.94. The third-order valence-corrected chi connectivity index (χ3v) is 5.77. The standard InChI is InChI=1S/C20H28N2O2/c23-20(22-12-4-5-13-22)16-6-8-18(9-7-16)24-19-14-17(15-19)21-10-2-1-3-11-21/h6-9,17,19H,1-5,10-15H2. The monoisotopic (exact) mass is 328 g/mol. The van der Waals surface area contributed by atoms with Gasteiger partial charge in [-0.05, 0) is 63.0 Å². The summed E-state index contributed by atoms with van der Waals surface area (Å²) >= 11 is 0. The number of carbonyl (C=O) groups is 1. The summed E-state index contributed by atoms with van der Waals surface area (Å²) in [6.07, 6.45) is 9.01. The molecule has 1 saturated carbocycles. The van der Waals surface area contributed by atoms with Crippen molar-refractivity contribution in [2.75, 3.05) is 26.2 Å². The molecule has 4 rings (SSSR count). The van der Waals surface area contributed by atoms with E-state index in [0.29, 0.717) is 6.10 Å². The molecule has 1 amide bonds. The Bertz CT molecular complexity index is 554. The lowest BCUT2D eigenvalue weighted by atomic mass is 9.86. The number of amides is 1. The van der Waals surface area contributed by atoms with E-state index in [-0.39, 0.29) is 5.91 Å². The highest BCUT2D eigenvalue weighted by Crippen LogP contribution is 2.31. The van der Waals surface area contributed by atoms with Crippen LogP contribution in [-0.4, -0.2) is 54.0 Å². The molecular weight excluding hydrogens is 300 g/mol. The summed E-state index contributed by atoms with van der Waals surface area (Å²) in [4.78, 5) is 16.9. The van der Waals surface area contributed by atoms with Gasteiger partial charge in [0.2, 0.25) is 0 Å². The van der Waals surface area contributed by atoms with Gasteiger partial charge < -0.3 is 14.5 Å². The van der Waals surface area contributed by atoms with Crippen LogP contribution < -0.4 is 4.74 Å². The molecule has 3 aliphatic rings. The van der Waals surface area contributed by atoms with Crippen molar-refractivity contribution in [1.82, 2.24) is 9.80 Å². The van der Waals surface area contributed by atoms with Crippen LogP contribution in [0, 0.1) is 0 Å². The van der Waals surface area contributed by atoms with E-state index < -0.39 is 0 Å². The van der Waals surface area contributed by atoms with Crippen molar-refractivity contribution in [3.63, 3.8) is 0 Å². The molecule has 2 saturated heterocycles. The molecule has 3 fully saturated rings. The number of ether oxygens (including phenoxy) is 1. The van der Waals surface area contributed by atoms with Gasteiger partial charge in [0.05, 0.1) is 0 Å². The first-order chi connectivity index (χ1) is 11.8. The third kappa shape index (κ3) is 3.44. The van der Waals surface area contributed by atoms with Crippen molar-refractivity contribution in [3.05, 3.63) is 29.8 Å². The zero-order valence-corrected chi connectivity index (χ0v) is 14.5. The minimum Gasteiger partial charge on any atom is -0.490 e. The number of hydrogen-bond acceptors (Lipinski definition) is 3. The van der Waals surface area contributed by atoms with Gasteiger partial charge in [0.1, 0.15) is 11.9 Å². The van der Waals surface area contributed by atoms with E-state index in [2.05, 4.69) is 4.90 Å². The minimum atomic E-state index is 0.160. The van der Waals surface area contributed by atoms with E-state index in [1.54, 1.807) is 0 Å². The summed E-state index contributed by atoms with van der Waals surface area (Å²) in [7, 11) is 0. The first kappa shape index (κ1) is 15.9. The van der Waals surface area contributed by atoms with E-state index in [1.807, 2.05) is 29.2 Å². The second-order valence-corrected chi connectivity index (χ2v) is 7.49. The average molecular weight is 328 g/mol. The quantitative estimate of drug-likeness (QED) is 0.850. The molecule has 1 aromatic carbocycles. The zero-order valence-electron chi connectivity index (χ0n) is 14.5. The number of piperidine rings is 1. The highest BCUT2D eigenvalue weighted by atomic mass is 16.5. The summed E-state index contributed by atoms with van der Waals surface area (Å²) < 4.78 is 6.08. The van der Waals surface area contributed by atoms with Gasteiger partial charge >= 0.3 is 0 Å². The maximum Gasteiger partial charge on any atom is 0.253 e. The van der Waals surface area contributed by atoms with E-state index in [4.69, 9.17) is 4.74 Å². The van der Waals surface area contributed by atoms with E-state index in [1.165, 1.54) is 32.4 Å². The SMILES string of the molecule is O=C(c1ccc(OC2CC(N3CCCCC3)C2)cc1)N1CCCC1. The van der Waals surface area contributed by atoms with Crippen molar-refractivity contribution in [1.29, 1.82) is 0 Å². The van der Waals surface area contributed by atoms with Crippen molar-refractivity contribution < 1.29 is 9.53 Å². The van der Waals surface area contributed by atoms with Crippen LogP contribution in [0.5, 0.6) is 5.75 Å². The van der Waals surface area contributed by atoms with Crippen LogP contribution in [0.1, 0.15) is 55.3 Å². The van der Waals surface area contributed by atoms with Gasteiger partial charge in [-0.1, -0.05) is 6.42 Å². The molecule has 0 atom stereocenters. The summed E-state index contributed by atoms with van der Waals surface area (Å²) in [5.41, 5.74) is 0.782. The van der Waals surface area contributed by atoms with E-state index in [9.17, 15) is 4.79 Å². The Labute approximate surface area is 144 Å². The molecule has 0 bridgehead atoms. The van der Waals surface area contributed by atoms with Gasteiger partial charge in [-0.3, -0.25) is 4.79 Å². The van der Waals surface area contributed by atoms with Crippen molar-refractivity contribution >= 4 is 5.91 Å². The second-order valence-electron chi connectivity index (χ2n) is 7.49. The molecule has 0 spiro atoms. The largest absolute Gasteiger partial charge is 0.490 e. The lowest BCUT2D eigenvalue weighted by Crippen LogP contribution is -2.50.